The largest absolute Gasteiger partial charge is 0.356 e. The van der Waals surface area contributed by atoms with Gasteiger partial charge in [-0.1, -0.05) is 42.2 Å². The molecule has 0 saturated carbocycles. The molecule has 3 nitrogen and oxygen atoms in total. The molecule has 5 heteroatoms. The Balaban J connectivity index is 2.08. The van der Waals surface area contributed by atoms with Crippen LogP contribution in [-0.2, 0) is 6.54 Å². The van der Waals surface area contributed by atoms with Gasteiger partial charge >= 0.3 is 0 Å². The quantitative estimate of drug-likeness (QED) is 0.889. The second-order valence-electron chi connectivity index (χ2n) is 4.83. The highest BCUT2D eigenvalue weighted by molar-refractivity contribution is 6.36. The van der Waals surface area contributed by atoms with E-state index in [4.69, 9.17) is 27.7 Å². The van der Waals surface area contributed by atoms with E-state index in [1.54, 1.807) is 12.1 Å². The van der Waals surface area contributed by atoms with Gasteiger partial charge in [0.25, 0.3) is 0 Å². The summed E-state index contributed by atoms with van der Waals surface area (Å²) < 4.78 is 5.31. The summed E-state index contributed by atoms with van der Waals surface area (Å²) in [5, 5.41) is 8.50. The molecule has 19 heavy (non-hydrogen) atoms. The molecule has 0 bridgehead atoms. The summed E-state index contributed by atoms with van der Waals surface area (Å²) in [6.45, 7) is 5.96. The van der Waals surface area contributed by atoms with Crippen LogP contribution in [0.4, 0.5) is 0 Å². The highest BCUT2D eigenvalue weighted by Gasteiger charge is 2.10. The molecular weight excluding hydrogens is 283 g/mol. The fourth-order valence-electron chi connectivity index (χ4n) is 1.70. The highest BCUT2D eigenvalue weighted by Crippen LogP contribution is 2.30. The normalized spacial score (nSPS) is 11.2. The maximum absolute atomic E-state index is 6.13. The SMILES string of the molecule is CC(C)CNCc1cc(-c2ccc(Cl)cc2Cl)on1. The standard InChI is InChI=1S/C14H16Cl2N2O/c1-9(2)7-17-8-11-6-14(19-18-11)12-4-3-10(15)5-13(12)16/h3-6,9,17H,7-8H2,1-2H3. The summed E-state index contributed by atoms with van der Waals surface area (Å²) in [4.78, 5) is 0. The molecule has 2 rings (SSSR count). The van der Waals surface area contributed by atoms with E-state index in [1.165, 1.54) is 0 Å². The number of hydrogen-bond donors (Lipinski definition) is 1. The lowest BCUT2D eigenvalue weighted by Crippen LogP contribution is -2.18. The third kappa shape index (κ3) is 3.96. The predicted molar refractivity (Wildman–Crippen MR) is 78.5 cm³/mol. The van der Waals surface area contributed by atoms with E-state index in [9.17, 15) is 0 Å². The molecular formula is C14H16Cl2N2O. The van der Waals surface area contributed by atoms with Crippen LogP contribution in [0.5, 0.6) is 0 Å². The number of rotatable bonds is 5. The van der Waals surface area contributed by atoms with Crippen LogP contribution in [0.15, 0.2) is 28.8 Å². The monoisotopic (exact) mass is 298 g/mol. The van der Waals surface area contributed by atoms with Crippen LogP contribution in [0, 0.1) is 5.92 Å². The Hall–Kier alpha value is -1.03. The minimum atomic E-state index is 0.560. The molecule has 0 fully saturated rings. The van der Waals surface area contributed by atoms with Crippen molar-refractivity contribution in [2.75, 3.05) is 6.54 Å². The average molecular weight is 299 g/mol. The van der Waals surface area contributed by atoms with Gasteiger partial charge in [-0.05, 0) is 30.7 Å². The number of nitrogens with zero attached hydrogens (tertiary/aromatic N) is 1. The van der Waals surface area contributed by atoms with Gasteiger partial charge in [0.15, 0.2) is 5.76 Å². The molecule has 0 aliphatic rings. The Morgan fingerprint density at radius 3 is 2.74 bits per heavy atom. The summed E-state index contributed by atoms with van der Waals surface area (Å²) in [5.74, 6) is 1.26. The molecule has 0 aliphatic heterocycles. The fourth-order valence-corrected chi connectivity index (χ4v) is 2.20. The van der Waals surface area contributed by atoms with Crippen molar-refractivity contribution in [2.45, 2.75) is 20.4 Å². The van der Waals surface area contributed by atoms with Gasteiger partial charge in [0.05, 0.1) is 10.7 Å². The minimum Gasteiger partial charge on any atom is -0.356 e. The molecule has 1 heterocycles. The molecule has 1 N–H and O–H groups in total. The van der Waals surface area contributed by atoms with Crippen molar-refractivity contribution in [3.63, 3.8) is 0 Å². The van der Waals surface area contributed by atoms with Crippen LogP contribution in [0.3, 0.4) is 0 Å². The van der Waals surface area contributed by atoms with Crippen LogP contribution in [0.2, 0.25) is 10.0 Å². The summed E-state index contributed by atoms with van der Waals surface area (Å²) >= 11 is 12.0. The van der Waals surface area contributed by atoms with Crippen LogP contribution in [0.25, 0.3) is 11.3 Å². The van der Waals surface area contributed by atoms with E-state index in [1.807, 2.05) is 12.1 Å². The summed E-state index contributed by atoms with van der Waals surface area (Å²) in [5.41, 5.74) is 1.66. The van der Waals surface area contributed by atoms with Crippen molar-refractivity contribution in [1.29, 1.82) is 0 Å². The Bertz CT molecular complexity index is 552. The van der Waals surface area contributed by atoms with Gasteiger partial charge in [0, 0.05) is 23.2 Å². The highest BCUT2D eigenvalue weighted by atomic mass is 35.5. The number of hydrogen-bond acceptors (Lipinski definition) is 3. The lowest BCUT2D eigenvalue weighted by Gasteiger charge is -2.04. The first-order valence-electron chi connectivity index (χ1n) is 6.18. The molecule has 0 spiro atoms. The van der Waals surface area contributed by atoms with Gasteiger partial charge < -0.3 is 9.84 Å². The smallest absolute Gasteiger partial charge is 0.168 e. The molecule has 0 saturated heterocycles. The lowest BCUT2D eigenvalue weighted by atomic mass is 10.1. The molecule has 1 aromatic heterocycles. The van der Waals surface area contributed by atoms with E-state index in [0.29, 0.717) is 28.3 Å². The predicted octanol–water partition coefficient (Wildman–Crippen LogP) is 4.39. The van der Waals surface area contributed by atoms with E-state index >= 15 is 0 Å². The number of halogens is 2. The van der Waals surface area contributed by atoms with Crippen LogP contribution < -0.4 is 5.32 Å². The first-order valence-corrected chi connectivity index (χ1v) is 6.93. The van der Waals surface area contributed by atoms with Crippen LogP contribution in [-0.4, -0.2) is 11.7 Å². The Morgan fingerprint density at radius 2 is 2.05 bits per heavy atom. The minimum absolute atomic E-state index is 0.560. The van der Waals surface area contributed by atoms with Gasteiger partial charge in [-0.15, -0.1) is 0 Å². The van der Waals surface area contributed by atoms with Crippen LogP contribution in [0.1, 0.15) is 19.5 Å². The maximum Gasteiger partial charge on any atom is 0.168 e. The van der Waals surface area contributed by atoms with Crippen molar-refractivity contribution >= 4 is 23.2 Å². The second-order valence-corrected chi connectivity index (χ2v) is 5.68. The zero-order valence-corrected chi connectivity index (χ0v) is 12.4. The number of benzene rings is 1. The Labute approximate surface area is 122 Å². The lowest BCUT2D eigenvalue weighted by molar-refractivity contribution is 0.418. The third-order valence-electron chi connectivity index (χ3n) is 2.61. The fraction of sp³-hybridized carbons (Fsp3) is 0.357. The van der Waals surface area contributed by atoms with E-state index in [-0.39, 0.29) is 0 Å². The van der Waals surface area contributed by atoms with Crippen molar-refractivity contribution in [1.82, 2.24) is 10.5 Å². The third-order valence-corrected chi connectivity index (χ3v) is 3.16. The van der Waals surface area contributed by atoms with Crippen molar-refractivity contribution in [2.24, 2.45) is 5.92 Å². The second kappa shape index (κ2) is 6.42. The molecule has 2 aromatic rings. The first kappa shape index (κ1) is 14.4. The van der Waals surface area contributed by atoms with E-state index in [0.717, 1.165) is 17.8 Å². The van der Waals surface area contributed by atoms with E-state index in [2.05, 4.69) is 24.3 Å². The Morgan fingerprint density at radius 1 is 1.26 bits per heavy atom. The number of aromatic nitrogens is 1. The Kier molecular flexibility index (Phi) is 4.86. The van der Waals surface area contributed by atoms with Gasteiger partial charge in [-0.25, -0.2) is 0 Å². The van der Waals surface area contributed by atoms with Crippen molar-refractivity contribution < 1.29 is 4.52 Å². The van der Waals surface area contributed by atoms with Gasteiger partial charge in [-0.2, -0.15) is 0 Å². The van der Waals surface area contributed by atoms with Gasteiger partial charge in [0.1, 0.15) is 0 Å². The summed E-state index contributed by atoms with van der Waals surface area (Å²) in [6.07, 6.45) is 0. The molecule has 0 radical (unpaired) electrons. The molecule has 102 valence electrons. The molecule has 0 atom stereocenters. The molecule has 0 amide bonds. The molecule has 0 aliphatic carbocycles. The van der Waals surface area contributed by atoms with Crippen molar-refractivity contribution in [3.05, 3.63) is 40.0 Å². The van der Waals surface area contributed by atoms with Crippen LogP contribution >= 0.6 is 23.2 Å². The average Bonchev–Trinajstić information content (AvgIpc) is 2.77. The summed E-state index contributed by atoms with van der Waals surface area (Å²) in [7, 11) is 0. The topological polar surface area (TPSA) is 38.1 Å². The zero-order chi connectivity index (χ0) is 13.8. The number of nitrogens with one attached hydrogen (secondary N) is 1. The van der Waals surface area contributed by atoms with E-state index < -0.39 is 0 Å². The maximum atomic E-state index is 6.13. The van der Waals surface area contributed by atoms with Gasteiger partial charge in [-0.3, -0.25) is 0 Å². The zero-order valence-electron chi connectivity index (χ0n) is 10.9. The van der Waals surface area contributed by atoms with Crippen molar-refractivity contribution in [3.8, 4) is 11.3 Å². The molecule has 1 aromatic carbocycles. The van der Waals surface area contributed by atoms with Gasteiger partial charge in [0.2, 0.25) is 0 Å². The molecule has 0 unspecified atom stereocenters. The summed E-state index contributed by atoms with van der Waals surface area (Å²) in [6, 6.07) is 7.19. The first-order chi connectivity index (χ1) is 9.06.